The van der Waals surface area contributed by atoms with Gasteiger partial charge in [-0.2, -0.15) is 5.10 Å². The third kappa shape index (κ3) is 2.97. The maximum atomic E-state index is 12.7. The molecule has 7 nitrogen and oxygen atoms in total. The lowest BCUT2D eigenvalue weighted by Crippen LogP contribution is -2.37. The van der Waals surface area contributed by atoms with Crippen LogP contribution in [0.15, 0.2) is 36.4 Å². The Morgan fingerprint density at radius 2 is 2.00 bits per heavy atom. The molecule has 130 valence electrons. The Hall–Kier alpha value is -2.83. The van der Waals surface area contributed by atoms with Crippen LogP contribution in [0, 0.1) is 0 Å². The maximum Gasteiger partial charge on any atom is 0.274 e. The number of benzene rings is 1. The van der Waals surface area contributed by atoms with Crippen molar-refractivity contribution in [1.29, 1.82) is 0 Å². The minimum Gasteiger partial charge on any atom is -0.489 e. The monoisotopic (exact) mass is 340 g/mol. The molecular weight excluding hydrogens is 320 g/mol. The molecule has 1 atom stereocenters. The third-order valence-corrected chi connectivity index (χ3v) is 4.69. The number of amides is 2. The molecule has 1 aromatic heterocycles. The summed E-state index contributed by atoms with van der Waals surface area (Å²) in [5, 5.41) is 4.33. The van der Waals surface area contributed by atoms with Crippen molar-refractivity contribution in [3.05, 3.63) is 47.8 Å². The number of aromatic nitrogens is 2. The Kier molecular flexibility index (Phi) is 3.91. The lowest BCUT2D eigenvalue weighted by atomic mass is 10.2. The quantitative estimate of drug-likeness (QED) is 0.844. The van der Waals surface area contributed by atoms with Crippen molar-refractivity contribution in [2.24, 2.45) is 0 Å². The highest BCUT2D eigenvalue weighted by Gasteiger charge is 2.32. The maximum absolute atomic E-state index is 12.7. The summed E-state index contributed by atoms with van der Waals surface area (Å²) in [6, 6.07) is 11.2. The summed E-state index contributed by atoms with van der Waals surface area (Å²) < 4.78 is 7.55. The molecule has 2 aromatic rings. The molecule has 0 bridgehead atoms. The van der Waals surface area contributed by atoms with Crippen LogP contribution in [-0.2, 0) is 6.54 Å². The predicted octanol–water partition coefficient (Wildman–Crippen LogP) is 1.26. The number of nitrogens with zero attached hydrogens (tertiary/aromatic N) is 4. The van der Waals surface area contributed by atoms with Gasteiger partial charge in [0, 0.05) is 32.6 Å². The van der Waals surface area contributed by atoms with Crippen molar-refractivity contribution in [3.8, 4) is 5.75 Å². The van der Waals surface area contributed by atoms with Gasteiger partial charge in [0.1, 0.15) is 17.5 Å². The van der Waals surface area contributed by atoms with Crippen LogP contribution >= 0.6 is 0 Å². The number of rotatable bonds is 3. The average Bonchev–Trinajstić information content (AvgIpc) is 3.26. The van der Waals surface area contributed by atoms with Crippen LogP contribution in [0.3, 0.4) is 0 Å². The summed E-state index contributed by atoms with van der Waals surface area (Å²) in [6.07, 6.45) is 0.770. The lowest BCUT2D eigenvalue weighted by Gasteiger charge is -2.22. The fourth-order valence-electron chi connectivity index (χ4n) is 3.27. The molecule has 3 heterocycles. The van der Waals surface area contributed by atoms with Crippen molar-refractivity contribution in [2.75, 3.05) is 26.7 Å². The normalized spacial score (nSPS) is 19.9. The molecule has 2 aliphatic rings. The molecule has 1 saturated heterocycles. The summed E-state index contributed by atoms with van der Waals surface area (Å²) in [4.78, 5) is 28.3. The Morgan fingerprint density at radius 1 is 1.20 bits per heavy atom. The smallest absolute Gasteiger partial charge is 0.274 e. The van der Waals surface area contributed by atoms with Gasteiger partial charge in [0.15, 0.2) is 5.69 Å². The summed E-state index contributed by atoms with van der Waals surface area (Å²) in [7, 11) is 1.76. The van der Waals surface area contributed by atoms with E-state index in [1.807, 2.05) is 30.3 Å². The second kappa shape index (κ2) is 6.23. The van der Waals surface area contributed by atoms with Crippen molar-refractivity contribution >= 4 is 11.8 Å². The Balaban J connectivity index is 1.44. The van der Waals surface area contributed by atoms with Crippen molar-refractivity contribution < 1.29 is 14.3 Å². The van der Waals surface area contributed by atoms with E-state index in [9.17, 15) is 9.59 Å². The highest BCUT2D eigenvalue weighted by molar-refractivity contribution is 5.98. The third-order valence-electron chi connectivity index (χ3n) is 4.69. The molecule has 1 fully saturated rings. The second-order valence-electron chi connectivity index (χ2n) is 6.46. The molecule has 2 amide bonds. The Labute approximate surface area is 145 Å². The minimum atomic E-state index is -0.142. The molecule has 0 aliphatic carbocycles. The standard InChI is InChI=1S/C18H20N4O3/c1-20-9-10-22-16(18(20)24)11-15(19-22)17(23)21-8-7-14(12-21)25-13-5-3-2-4-6-13/h2-6,11,14H,7-10,12H2,1H3/t14-/m1/s1. The number of likely N-dealkylation sites (N-methyl/N-ethyl adjacent to an activating group) is 1. The predicted molar refractivity (Wildman–Crippen MR) is 90.6 cm³/mol. The number of fused-ring (bicyclic) bond motifs is 1. The first-order chi connectivity index (χ1) is 12.1. The minimum absolute atomic E-state index is 0.0173. The number of hydrogen-bond donors (Lipinski definition) is 0. The first kappa shape index (κ1) is 15.7. The molecule has 4 rings (SSSR count). The van der Waals surface area contributed by atoms with Crippen molar-refractivity contribution in [2.45, 2.75) is 19.1 Å². The van der Waals surface area contributed by atoms with Gasteiger partial charge < -0.3 is 14.5 Å². The number of ether oxygens (including phenoxy) is 1. The van der Waals surface area contributed by atoms with Gasteiger partial charge in [0.05, 0.1) is 13.1 Å². The first-order valence-corrected chi connectivity index (χ1v) is 8.46. The number of likely N-dealkylation sites (tertiary alicyclic amines) is 1. The van der Waals surface area contributed by atoms with E-state index < -0.39 is 0 Å². The van der Waals surface area contributed by atoms with Gasteiger partial charge in [0.2, 0.25) is 0 Å². The zero-order chi connectivity index (χ0) is 17.4. The van der Waals surface area contributed by atoms with E-state index in [2.05, 4.69) is 5.10 Å². The zero-order valence-electron chi connectivity index (χ0n) is 14.1. The van der Waals surface area contributed by atoms with Crippen LogP contribution < -0.4 is 4.74 Å². The average molecular weight is 340 g/mol. The summed E-state index contributed by atoms with van der Waals surface area (Å²) in [5.74, 6) is 0.578. The van der Waals surface area contributed by atoms with Gasteiger partial charge in [-0.05, 0) is 12.1 Å². The summed E-state index contributed by atoms with van der Waals surface area (Å²) in [6.45, 7) is 2.39. The van der Waals surface area contributed by atoms with Crippen molar-refractivity contribution in [3.63, 3.8) is 0 Å². The van der Waals surface area contributed by atoms with Crippen LogP contribution in [0.4, 0.5) is 0 Å². The first-order valence-electron chi connectivity index (χ1n) is 8.46. The number of hydrogen-bond acceptors (Lipinski definition) is 4. The molecule has 0 saturated carbocycles. The van der Waals surface area contributed by atoms with E-state index in [1.165, 1.54) is 0 Å². The number of carbonyl (C=O) groups excluding carboxylic acids is 2. The second-order valence-corrected chi connectivity index (χ2v) is 6.46. The Bertz CT molecular complexity index is 802. The molecular formula is C18H20N4O3. The number of carbonyl (C=O) groups is 2. The SMILES string of the molecule is CN1CCn2nc(C(=O)N3CC[C@@H](Oc4ccccc4)C3)cc2C1=O. The molecule has 0 unspecified atom stereocenters. The van der Waals surface area contributed by atoms with E-state index >= 15 is 0 Å². The molecule has 0 spiro atoms. The van der Waals surface area contributed by atoms with E-state index in [-0.39, 0.29) is 17.9 Å². The van der Waals surface area contributed by atoms with E-state index in [4.69, 9.17) is 4.74 Å². The topological polar surface area (TPSA) is 67.7 Å². The fraction of sp³-hybridized carbons (Fsp3) is 0.389. The van der Waals surface area contributed by atoms with Crippen LogP contribution in [-0.4, -0.2) is 64.2 Å². The van der Waals surface area contributed by atoms with Gasteiger partial charge in [-0.1, -0.05) is 18.2 Å². The molecule has 0 N–H and O–H groups in total. The highest BCUT2D eigenvalue weighted by Crippen LogP contribution is 2.20. The molecule has 7 heteroatoms. The van der Waals surface area contributed by atoms with E-state index in [0.717, 1.165) is 12.2 Å². The highest BCUT2D eigenvalue weighted by atomic mass is 16.5. The van der Waals surface area contributed by atoms with Crippen LogP contribution in [0.25, 0.3) is 0 Å². The van der Waals surface area contributed by atoms with Crippen LogP contribution in [0.5, 0.6) is 5.75 Å². The largest absolute Gasteiger partial charge is 0.489 e. The van der Waals surface area contributed by atoms with Gasteiger partial charge in [0.25, 0.3) is 11.8 Å². The van der Waals surface area contributed by atoms with Crippen LogP contribution in [0.2, 0.25) is 0 Å². The van der Waals surface area contributed by atoms with Gasteiger partial charge in [-0.15, -0.1) is 0 Å². The summed E-state index contributed by atoms with van der Waals surface area (Å²) in [5.41, 5.74) is 0.812. The van der Waals surface area contributed by atoms with Gasteiger partial charge in [-0.25, -0.2) is 0 Å². The molecule has 25 heavy (non-hydrogen) atoms. The molecule has 1 aromatic carbocycles. The van der Waals surface area contributed by atoms with E-state index in [0.29, 0.717) is 37.6 Å². The lowest BCUT2D eigenvalue weighted by molar-refractivity contribution is 0.0737. The van der Waals surface area contributed by atoms with Gasteiger partial charge in [-0.3, -0.25) is 14.3 Å². The van der Waals surface area contributed by atoms with Crippen molar-refractivity contribution in [1.82, 2.24) is 19.6 Å². The fourth-order valence-corrected chi connectivity index (χ4v) is 3.27. The van der Waals surface area contributed by atoms with E-state index in [1.54, 1.807) is 27.6 Å². The molecule has 0 radical (unpaired) electrons. The number of para-hydroxylation sites is 1. The Morgan fingerprint density at radius 3 is 2.80 bits per heavy atom. The van der Waals surface area contributed by atoms with Gasteiger partial charge >= 0.3 is 0 Å². The zero-order valence-corrected chi connectivity index (χ0v) is 14.1. The molecule has 2 aliphatic heterocycles. The summed E-state index contributed by atoms with van der Waals surface area (Å²) >= 11 is 0. The van der Waals surface area contributed by atoms with Crippen LogP contribution in [0.1, 0.15) is 27.4 Å².